The Bertz CT molecular complexity index is 1990. The molecule has 0 spiro atoms. The third kappa shape index (κ3) is 6.88. The standard InChI is InChI=1S/C34H31BrFN5O4S/c1-23(37-14-16-46(42,43)27-9-3-2-4-10-27)34(13-6-15-45-34)32-19-28-30(20-38-32)39-22-40-33(28)41-26-11-12-31(29(35)18-26)44-21-24-7-5-8-25(36)17-24/h2-12,15,17-20,22-23,37H,13-14,16,21H2,1H3,(H,39,40,41). The van der Waals surface area contributed by atoms with E-state index in [0.29, 0.717) is 38.6 Å². The van der Waals surface area contributed by atoms with Gasteiger partial charge in [0.1, 0.15) is 30.3 Å². The summed E-state index contributed by atoms with van der Waals surface area (Å²) in [6, 6.07) is 21.9. The molecule has 236 valence electrons. The second kappa shape index (κ2) is 13.5. The van der Waals surface area contributed by atoms with E-state index >= 15 is 0 Å². The van der Waals surface area contributed by atoms with E-state index in [9.17, 15) is 12.8 Å². The van der Waals surface area contributed by atoms with Crippen molar-refractivity contribution in [3.8, 4) is 5.75 Å². The number of halogens is 2. The van der Waals surface area contributed by atoms with Crippen LogP contribution in [0.4, 0.5) is 15.9 Å². The Morgan fingerprint density at radius 1 is 1.04 bits per heavy atom. The molecule has 0 fully saturated rings. The molecule has 0 saturated carbocycles. The van der Waals surface area contributed by atoms with Crippen LogP contribution in [0.3, 0.4) is 0 Å². The number of sulfone groups is 1. The molecule has 2 N–H and O–H groups in total. The third-order valence-corrected chi connectivity index (χ3v) is 10.2. The van der Waals surface area contributed by atoms with Crippen LogP contribution in [0.2, 0.25) is 0 Å². The van der Waals surface area contributed by atoms with Crippen LogP contribution >= 0.6 is 15.9 Å². The molecule has 3 aromatic carbocycles. The first-order valence-electron chi connectivity index (χ1n) is 14.6. The lowest BCUT2D eigenvalue weighted by molar-refractivity contribution is 0.00504. The number of ether oxygens (including phenoxy) is 2. The third-order valence-electron chi connectivity index (χ3n) is 7.85. The number of benzene rings is 3. The van der Waals surface area contributed by atoms with Gasteiger partial charge in [0.25, 0.3) is 0 Å². The summed E-state index contributed by atoms with van der Waals surface area (Å²) in [7, 11) is -3.44. The lowest BCUT2D eigenvalue weighted by Crippen LogP contribution is -2.48. The average molecular weight is 705 g/mol. The van der Waals surface area contributed by atoms with Crippen molar-refractivity contribution in [1.29, 1.82) is 0 Å². The van der Waals surface area contributed by atoms with Crippen LogP contribution in [0, 0.1) is 5.82 Å². The number of anilines is 2. The highest BCUT2D eigenvalue weighted by atomic mass is 79.9. The number of hydrogen-bond acceptors (Lipinski definition) is 9. The summed E-state index contributed by atoms with van der Waals surface area (Å²) in [5.74, 6) is 0.823. The molecule has 5 aromatic rings. The van der Waals surface area contributed by atoms with Gasteiger partial charge in [0.15, 0.2) is 15.4 Å². The number of rotatable bonds is 12. The number of fused-ring (bicyclic) bond motifs is 1. The summed E-state index contributed by atoms with van der Waals surface area (Å²) in [6.07, 6.45) is 7.29. The number of nitrogens with zero attached hydrogens (tertiary/aromatic N) is 3. The first-order chi connectivity index (χ1) is 22.2. The fraction of sp³-hybridized carbons (Fsp3) is 0.206. The van der Waals surface area contributed by atoms with Gasteiger partial charge in [-0.25, -0.2) is 22.8 Å². The molecule has 6 rings (SSSR count). The maximum absolute atomic E-state index is 13.5. The molecule has 0 saturated heterocycles. The van der Waals surface area contributed by atoms with Crippen molar-refractivity contribution < 1.29 is 22.3 Å². The van der Waals surface area contributed by atoms with E-state index in [1.54, 1.807) is 54.9 Å². The number of nitrogens with one attached hydrogen (secondary N) is 2. The second-order valence-electron chi connectivity index (χ2n) is 10.9. The van der Waals surface area contributed by atoms with E-state index in [1.165, 1.54) is 18.5 Å². The van der Waals surface area contributed by atoms with Gasteiger partial charge in [-0.15, -0.1) is 0 Å². The molecular weight excluding hydrogens is 673 g/mol. The SMILES string of the molecule is CC(NCCS(=O)(=O)c1ccccc1)C1(c2cc3c(Nc4ccc(OCc5cccc(F)c5)c(Br)c4)ncnc3cn2)CC=CO1. The lowest BCUT2D eigenvalue weighted by atomic mass is 9.87. The highest BCUT2D eigenvalue weighted by Crippen LogP contribution is 2.39. The second-order valence-corrected chi connectivity index (χ2v) is 13.9. The number of aromatic nitrogens is 3. The molecule has 0 aliphatic carbocycles. The first kappa shape index (κ1) is 31.6. The Labute approximate surface area is 275 Å². The Balaban J connectivity index is 1.19. The molecule has 0 radical (unpaired) electrons. The number of pyridine rings is 1. The summed E-state index contributed by atoms with van der Waals surface area (Å²) >= 11 is 3.57. The minimum Gasteiger partial charge on any atom is -0.488 e. The Morgan fingerprint density at radius 3 is 2.65 bits per heavy atom. The van der Waals surface area contributed by atoms with E-state index in [2.05, 4.69) is 36.5 Å². The molecule has 0 amide bonds. The molecule has 3 heterocycles. The van der Waals surface area contributed by atoms with Crippen molar-refractivity contribution in [1.82, 2.24) is 20.3 Å². The summed E-state index contributed by atoms with van der Waals surface area (Å²) in [5.41, 5.74) is 1.93. The van der Waals surface area contributed by atoms with Crippen LogP contribution in [0.15, 0.2) is 113 Å². The maximum Gasteiger partial charge on any atom is 0.179 e. The molecule has 12 heteroatoms. The molecule has 2 aromatic heterocycles. The van der Waals surface area contributed by atoms with Crippen molar-refractivity contribution in [2.24, 2.45) is 0 Å². The average Bonchev–Trinajstić information content (AvgIpc) is 3.56. The zero-order valence-electron chi connectivity index (χ0n) is 24.9. The van der Waals surface area contributed by atoms with Crippen molar-refractivity contribution in [3.63, 3.8) is 0 Å². The smallest absolute Gasteiger partial charge is 0.179 e. The van der Waals surface area contributed by atoms with Crippen molar-refractivity contribution >= 4 is 48.2 Å². The van der Waals surface area contributed by atoms with Crippen LogP contribution in [-0.2, 0) is 26.8 Å². The highest BCUT2D eigenvalue weighted by Gasteiger charge is 2.42. The first-order valence-corrected chi connectivity index (χ1v) is 17.1. The Kier molecular flexibility index (Phi) is 9.29. The summed E-state index contributed by atoms with van der Waals surface area (Å²) in [6.45, 7) is 2.43. The quantitative estimate of drug-likeness (QED) is 0.144. The van der Waals surface area contributed by atoms with E-state index in [4.69, 9.17) is 14.5 Å². The highest BCUT2D eigenvalue weighted by molar-refractivity contribution is 9.10. The van der Waals surface area contributed by atoms with Crippen molar-refractivity contribution in [2.75, 3.05) is 17.6 Å². The molecule has 46 heavy (non-hydrogen) atoms. The van der Waals surface area contributed by atoms with Gasteiger partial charge in [0.05, 0.1) is 44.8 Å². The van der Waals surface area contributed by atoms with Gasteiger partial charge in [-0.1, -0.05) is 30.3 Å². The normalized spacial score (nSPS) is 16.7. The summed E-state index contributed by atoms with van der Waals surface area (Å²) in [5, 5.41) is 7.47. The molecule has 2 atom stereocenters. The lowest BCUT2D eigenvalue weighted by Gasteiger charge is -2.35. The minimum absolute atomic E-state index is 0.0535. The van der Waals surface area contributed by atoms with Crippen LogP contribution in [0.5, 0.6) is 5.75 Å². The van der Waals surface area contributed by atoms with Crippen LogP contribution in [0.25, 0.3) is 10.9 Å². The minimum atomic E-state index is -3.44. The van der Waals surface area contributed by atoms with Crippen molar-refractivity contribution in [2.45, 2.75) is 36.5 Å². The van der Waals surface area contributed by atoms with Gasteiger partial charge in [-0.05, 0) is 83.0 Å². The van der Waals surface area contributed by atoms with E-state index < -0.39 is 15.4 Å². The van der Waals surface area contributed by atoms with Gasteiger partial charge in [-0.2, -0.15) is 0 Å². The molecule has 9 nitrogen and oxygen atoms in total. The van der Waals surface area contributed by atoms with Gasteiger partial charge in [-0.3, -0.25) is 4.98 Å². The topological polar surface area (TPSA) is 115 Å². The fourth-order valence-electron chi connectivity index (χ4n) is 5.34. The Hall–Kier alpha value is -4.39. The Morgan fingerprint density at radius 2 is 1.89 bits per heavy atom. The monoisotopic (exact) mass is 703 g/mol. The van der Waals surface area contributed by atoms with Crippen LogP contribution < -0.4 is 15.4 Å². The van der Waals surface area contributed by atoms with E-state index in [1.807, 2.05) is 37.3 Å². The molecule has 1 aliphatic rings. The fourth-order valence-corrected chi connectivity index (χ4v) is 7.02. The largest absolute Gasteiger partial charge is 0.488 e. The molecule has 2 unspecified atom stereocenters. The molecule has 1 aliphatic heterocycles. The summed E-state index contributed by atoms with van der Waals surface area (Å²) in [4.78, 5) is 13.9. The van der Waals surface area contributed by atoms with E-state index in [0.717, 1.165) is 16.6 Å². The molecule has 0 bridgehead atoms. The van der Waals surface area contributed by atoms with Gasteiger partial charge >= 0.3 is 0 Å². The summed E-state index contributed by atoms with van der Waals surface area (Å²) < 4.78 is 52.0. The van der Waals surface area contributed by atoms with Gasteiger partial charge in [0, 0.05) is 24.0 Å². The zero-order chi connectivity index (χ0) is 32.1. The van der Waals surface area contributed by atoms with E-state index in [-0.39, 0.29) is 30.8 Å². The predicted molar refractivity (Wildman–Crippen MR) is 178 cm³/mol. The molecular formula is C34H31BrFN5O4S. The maximum atomic E-state index is 13.5. The predicted octanol–water partition coefficient (Wildman–Crippen LogP) is 6.83. The van der Waals surface area contributed by atoms with Crippen molar-refractivity contribution in [3.05, 3.63) is 125 Å². The zero-order valence-corrected chi connectivity index (χ0v) is 27.3. The van der Waals surface area contributed by atoms with Gasteiger partial charge in [0.2, 0.25) is 0 Å². The van der Waals surface area contributed by atoms with Gasteiger partial charge < -0.3 is 20.1 Å². The van der Waals surface area contributed by atoms with Crippen LogP contribution in [-0.4, -0.2) is 41.7 Å². The van der Waals surface area contributed by atoms with Crippen LogP contribution in [0.1, 0.15) is 24.6 Å². The number of hydrogen-bond donors (Lipinski definition) is 2.